The largest absolute Gasteiger partial charge is 0.460 e. The van der Waals surface area contributed by atoms with E-state index in [-0.39, 0.29) is 0 Å². The van der Waals surface area contributed by atoms with Gasteiger partial charge in [-0.3, -0.25) is 0 Å². The van der Waals surface area contributed by atoms with E-state index in [4.69, 9.17) is 0 Å². The van der Waals surface area contributed by atoms with Crippen LogP contribution in [-0.2, 0) is 18.9 Å². The molecular formula is C11H5F19O4. The van der Waals surface area contributed by atoms with Crippen molar-refractivity contribution in [2.24, 2.45) is 0 Å². The highest BCUT2D eigenvalue weighted by atomic mass is 19.4. The molecule has 0 aliphatic heterocycles. The van der Waals surface area contributed by atoms with Gasteiger partial charge in [0.25, 0.3) is 0 Å². The number of halogens is 19. The molecule has 0 aliphatic rings. The second-order valence-electron chi connectivity index (χ2n) is 5.61. The van der Waals surface area contributed by atoms with E-state index in [1.54, 1.807) is 0 Å². The average Bonchev–Trinajstić information content (AvgIpc) is 2.49. The minimum absolute atomic E-state index is 0.314. The van der Waals surface area contributed by atoms with Crippen molar-refractivity contribution < 1.29 is 102 Å². The third-order valence-electron chi connectivity index (χ3n) is 2.90. The summed E-state index contributed by atoms with van der Waals surface area (Å²) in [6.07, 6.45) is -51.2. The molecule has 0 amide bonds. The molecule has 0 bridgehead atoms. The summed E-state index contributed by atoms with van der Waals surface area (Å²) >= 11 is 0. The molecule has 0 atom stereocenters. The third-order valence-corrected chi connectivity index (χ3v) is 2.90. The van der Waals surface area contributed by atoms with Gasteiger partial charge < -0.3 is 4.74 Å². The fraction of sp³-hybridized carbons (Fsp3) is 1.00. The number of alkyl halides is 19. The smallest absolute Gasteiger partial charge is 0.376 e. The van der Waals surface area contributed by atoms with Gasteiger partial charge in [0.1, 0.15) is 6.61 Å². The first-order chi connectivity index (χ1) is 14.4. The maximum atomic E-state index is 13.1. The summed E-state index contributed by atoms with van der Waals surface area (Å²) in [4.78, 5) is 0. The van der Waals surface area contributed by atoms with Gasteiger partial charge in [-0.2, -0.15) is 83.4 Å². The van der Waals surface area contributed by atoms with E-state index in [1.165, 1.54) is 9.47 Å². The Bertz CT molecular complexity index is 699. The van der Waals surface area contributed by atoms with Crippen LogP contribution in [0.3, 0.4) is 0 Å². The number of rotatable bonds is 12. The fourth-order valence-corrected chi connectivity index (χ4v) is 1.37. The zero-order valence-electron chi connectivity index (χ0n) is 15.0. The highest BCUT2D eigenvalue weighted by molar-refractivity contribution is 4.97. The van der Waals surface area contributed by atoms with Crippen molar-refractivity contribution in [3.63, 3.8) is 0 Å². The average molecular weight is 562 g/mol. The monoisotopic (exact) mass is 562 g/mol. The summed E-state index contributed by atoms with van der Waals surface area (Å²) < 4.78 is 250. The Morgan fingerprint density at radius 1 is 0.412 bits per heavy atom. The van der Waals surface area contributed by atoms with E-state index in [2.05, 4.69) is 4.74 Å². The van der Waals surface area contributed by atoms with Crippen LogP contribution in [-0.4, -0.2) is 68.4 Å². The standard InChI is InChI=1S/C11H5F19O4/c1-31-2-3(12,13)32-8(23,24)9(25,26)34-11(29,30)10(27,28)33-7(21,22)5(16,17)4(14,15)6(18,19)20/h2H2,1H3. The van der Waals surface area contributed by atoms with Crippen LogP contribution in [0, 0.1) is 0 Å². The SMILES string of the molecule is COCC(F)(F)OC(F)(F)C(F)(F)OC(F)(F)C(F)(F)OC(F)(F)C(F)(F)C(F)(F)C(F)(F)F. The van der Waals surface area contributed by atoms with Crippen molar-refractivity contribution in [1.29, 1.82) is 0 Å². The van der Waals surface area contributed by atoms with Gasteiger partial charge >= 0.3 is 54.7 Å². The molecule has 0 rings (SSSR count). The molecular weight excluding hydrogens is 557 g/mol. The maximum absolute atomic E-state index is 13.1. The Labute approximate surface area is 172 Å². The molecule has 0 aromatic heterocycles. The minimum Gasteiger partial charge on any atom is -0.376 e. The van der Waals surface area contributed by atoms with Gasteiger partial charge in [0, 0.05) is 7.11 Å². The van der Waals surface area contributed by atoms with Gasteiger partial charge in [0.2, 0.25) is 0 Å². The quantitative estimate of drug-likeness (QED) is 0.271. The van der Waals surface area contributed by atoms with E-state index in [9.17, 15) is 83.4 Å². The minimum atomic E-state index is -8.16. The Hall–Kier alpha value is -1.49. The molecule has 0 N–H and O–H groups in total. The Morgan fingerprint density at radius 2 is 0.706 bits per heavy atom. The first-order valence-electron chi connectivity index (χ1n) is 7.12. The maximum Gasteiger partial charge on any atom is 0.460 e. The summed E-state index contributed by atoms with van der Waals surface area (Å²) in [5, 5.41) is 0. The summed E-state index contributed by atoms with van der Waals surface area (Å²) in [6.45, 7) is -2.32. The molecule has 0 aromatic rings. The molecule has 0 saturated carbocycles. The summed E-state index contributed by atoms with van der Waals surface area (Å²) in [5.41, 5.74) is 0. The van der Waals surface area contributed by atoms with Crippen LogP contribution in [0.4, 0.5) is 83.4 Å². The normalized spacial score (nSPS) is 16.2. The van der Waals surface area contributed by atoms with Crippen LogP contribution in [0.1, 0.15) is 0 Å². The molecule has 0 unspecified atom stereocenters. The molecule has 0 aliphatic carbocycles. The van der Waals surface area contributed by atoms with Crippen molar-refractivity contribution in [2.75, 3.05) is 13.7 Å². The van der Waals surface area contributed by atoms with Crippen LogP contribution in [0.2, 0.25) is 0 Å². The van der Waals surface area contributed by atoms with Crippen molar-refractivity contribution in [2.45, 2.75) is 54.7 Å². The highest BCUT2D eigenvalue weighted by Gasteiger charge is 2.85. The van der Waals surface area contributed by atoms with Gasteiger partial charge in [-0.25, -0.2) is 14.2 Å². The number of hydrogen-bond acceptors (Lipinski definition) is 4. The van der Waals surface area contributed by atoms with E-state index >= 15 is 0 Å². The second-order valence-corrected chi connectivity index (χ2v) is 5.61. The van der Waals surface area contributed by atoms with E-state index in [1.807, 2.05) is 4.74 Å². The summed E-state index contributed by atoms with van der Waals surface area (Å²) in [7, 11) is 0.314. The van der Waals surface area contributed by atoms with Crippen molar-refractivity contribution in [3.8, 4) is 0 Å². The molecule has 0 saturated heterocycles. The predicted octanol–water partition coefficient (Wildman–Crippen LogP) is 6.07. The highest BCUT2D eigenvalue weighted by Crippen LogP contribution is 2.56. The number of methoxy groups -OCH3 is 1. The van der Waals surface area contributed by atoms with Gasteiger partial charge in [-0.15, -0.1) is 0 Å². The van der Waals surface area contributed by atoms with Crippen LogP contribution in [0.25, 0.3) is 0 Å². The summed E-state index contributed by atoms with van der Waals surface area (Å²) in [6, 6.07) is 0. The van der Waals surface area contributed by atoms with Crippen molar-refractivity contribution >= 4 is 0 Å². The Morgan fingerprint density at radius 3 is 1.00 bits per heavy atom. The van der Waals surface area contributed by atoms with Gasteiger partial charge in [0.05, 0.1) is 0 Å². The second kappa shape index (κ2) is 8.87. The van der Waals surface area contributed by atoms with E-state index < -0.39 is 61.3 Å². The predicted molar refractivity (Wildman–Crippen MR) is 60.8 cm³/mol. The molecule has 34 heavy (non-hydrogen) atoms. The lowest BCUT2D eigenvalue weighted by Gasteiger charge is -2.37. The van der Waals surface area contributed by atoms with E-state index in [0.29, 0.717) is 7.11 Å². The fourth-order valence-electron chi connectivity index (χ4n) is 1.37. The van der Waals surface area contributed by atoms with Crippen molar-refractivity contribution in [3.05, 3.63) is 0 Å². The van der Waals surface area contributed by atoms with E-state index in [0.717, 1.165) is 0 Å². The molecule has 4 nitrogen and oxygen atoms in total. The number of ether oxygens (including phenoxy) is 4. The molecule has 0 fully saturated rings. The Balaban J connectivity index is 6.04. The first kappa shape index (κ1) is 32.5. The van der Waals surface area contributed by atoms with Crippen LogP contribution in [0.5, 0.6) is 0 Å². The first-order valence-corrected chi connectivity index (χ1v) is 7.12. The molecule has 206 valence electrons. The Kier molecular flexibility index (Phi) is 8.48. The van der Waals surface area contributed by atoms with Gasteiger partial charge in [-0.1, -0.05) is 0 Å². The zero-order valence-corrected chi connectivity index (χ0v) is 15.0. The van der Waals surface area contributed by atoms with Crippen molar-refractivity contribution in [1.82, 2.24) is 0 Å². The lowest BCUT2D eigenvalue weighted by Crippen LogP contribution is -2.65. The molecule has 0 spiro atoms. The lowest BCUT2D eigenvalue weighted by atomic mass is 10.1. The third kappa shape index (κ3) is 6.19. The van der Waals surface area contributed by atoms with Gasteiger partial charge in [-0.05, 0) is 0 Å². The van der Waals surface area contributed by atoms with Crippen LogP contribution in [0.15, 0.2) is 0 Å². The van der Waals surface area contributed by atoms with Crippen LogP contribution >= 0.6 is 0 Å². The number of hydrogen-bond donors (Lipinski definition) is 0. The zero-order chi connectivity index (χ0) is 28.0. The molecule has 0 heterocycles. The molecule has 0 radical (unpaired) electrons. The van der Waals surface area contributed by atoms with Crippen LogP contribution < -0.4 is 0 Å². The lowest BCUT2D eigenvalue weighted by molar-refractivity contribution is -0.569. The summed E-state index contributed by atoms with van der Waals surface area (Å²) in [5.74, 6) is -16.1. The topological polar surface area (TPSA) is 36.9 Å². The molecule has 0 aromatic carbocycles. The molecule has 23 heteroatoms. The van der Waals surface area contributed by atoms with Gasteiger partial charge in [0.15, 0.2) is 0 Å².